The van der Waals surface area contributed by atoms with Gasteiger partial charge in [0.1, 0.15) is 23.3 Å². The van der Waals surface area contributed by atoms with Gasteiger partial charge in [0, 0.05) is 36.6 Å². The Labute approximate surface area is 175 Å². The van der Waals surface area contributed by atoms with Crippen LogP contribution in [0.4, 0.5) is 13.2 Å². The van der Waals surface area contributed by atoms with Crippen LogP contribution in [-0.2, 0) is 4.79 Å². The molecule has 5 rings (SSSR count). The molecule has 160 valence electrons. The van der Waals surface area contributed by atoms with Crippen LogP contribution in [0.1, 0.15) is 31.0 Å². The summed E-state index contributed by atoms with van der Waals surface area (Å²) in [7, 11) is 0. The predicted octanol–water partition coefficient (Wildman–Crippen LogP) is 3.37. The van der Waals surface area contributed by atoms with Crippen molar-refractivity contribution < 1.29 is 18.0 Å². The normalized spacial score (nSPS) is 18.5. The highest BCUT2D eigenvalue weighted by Crippen LogP contribution is 2.35. The van der Waals surface area contributed by atoms with Crippen LogP contribution in [0.15, 0.2) is 41.2 Å². The number of carbonyl (C=O) groups excluding carboxylic acids is 1. The molecule has 9 heteroatoms. The second-order valence-corrected chi connectivity index (χ2v) is 8.06. The monoisotopic (exact) mass is 428 g/mol. The van der Waals surface area contributed by atoms with Gasteiger partial charge in [0.05, 0.1) is 5.69 Å². The number of rotatable bonds is 4. The predicted molar refractivity (Wildman–Crippen MR) is 106 cm³/mol. The molecule has 2 aliphatic rings. The third-order valence-electron chi connectivity index (χ3n) is 5.92. The lowest BCUT2D eigenvalue weighted by Crippen LogP contribution is -2.30. The van der Waals surface area contributed by atoms with Gasteiger partial charge in [-0.25, -0.2) is 27.6 Å². The van der Waals surface area contributed by atoms with Gasteiger partial charge in [-0.3, -0.25) is 4.79 Å². The van der Waals surface area contributed by atoms with Gasteiger partial charge in [0.25, 0.3) is 0 Å². The molecule has 3 aromatic rings. The number of likely N-dealkylation sites (tertiary alicyclic amines) is 1. The number of nitrogens with zero attached hydrogens (tertiary/aromatic N) is 3. The lowest BCUT2D eigenvalue weighted by atomic mass is 10.0. The summed E-state index contributed by atoms with van der Waals surface area (Å²) in [5.41, 5.74) is -0.343. The summed E-state index contributed by atoms with van der Waals surface area (Å²) in [6.07, 6.45) is 2.46. The number of carbonyl (C=O) groups is 1. The number of nitrogens with one attached hydrogen (secondary N) is 1. The number of aromatic nitrogens is 3. The molecule has 0 bridgehead atoms. The first kappa shape index (κ1) is 19.6. The van der Waals surface area contributed by atoms with E-state index >= 15 is 4.39 Å². The maximum Gasteiger partial charge on any atom is 0.348 e. The van der Waals surface area contributed by atoms with Crippen molar-refractivity contribution in [2.75, 3.05) is 13.1 Å². The minimum absolute atomic E-state index is 0.0213. The van der Waals surface area contributed by atoms with Crippen molar-refractivity contribution in [1.29, 1.82) is 0 Å². The number of benzene rings is 2. The molecule has 1 aliphatic heterocycles. The molecule has 1 amide bonds. The Hall–Kier alpha value is -3.36. The van der Waals surface area contributed by atoms with E-state index in [2.05, 4.69) is 10.2 Å². The topological polar surface area (TPSA) is 71.0 Å². The van der Waals surface area contributed by atoms with E-state index in [-0.39, 0.29) is 34.6 Å². The second-order valence-electron chi connectivity index (χ2n) is 8.06. The number of halogens is 3. The van der Waals surface area contributed by atoms with E-state index in [1.165, 1.54) is 18.2 Å². The molecular formula is C22H19F3N4O2. The standard InChI is InChI=1S/C22H19F3N4O2/c23-15-4-5-16(17(24)10-15)13-3-6-19(18(25)9-13)29-20(26-27-22(29)31)14-7-8-28(11-14)21(30)12-1-2-12/h3-6,9-10,12,14H,1-2,7-8,11H2,(H,27,31). The van der Waals surface area contributed by atoms with Gasteiger partial charge in [-0.05, 0) is 49.1 Å². The third kappa shape index (κ3) is 3.54. The van der Waals surface area contributed by atoms with Gasteiger partial charge in [-0.15, -0.1) is 0 Å². The summed E-state index contributed by atoms with van der Waals surface area (Å²) in [6, 6.07) is 7.00. The average Bonchev–Trinajstić information content (AvgIpc) is 3.35. The van der Waals surface area contributed by atoms with Crippen molar-refractivity contribution >= 4 is 5.91 Å². The van der Waals surface area contributed by atoms with Crippen molar-refractivity contribution in [3.8, 4) is 16.8 Å². The van der Waals surface area contributed by atoms with E-state index in [4.69, 9.17) is 0 Å². The molecule has 1 aromatic heterocycles. The minimum Gasteiger partial charge on any atom is -0.342 e. The van der Waals surface area contributed by atoms with Crippen molar-refractivity contribution in [2.24, 2.45) is 5.92 Å². The zero-order chi connectivity index (χ0) is 21.7. The molecule has 2 fully saturated rings. The first-order valence-corrected chi connectivity index (χ1v) is 10.1. The first-order valence-electron chi connectivity index (χ1n) is 10.1. The largest absolute Gasteiger partial charge is 0.348 e. The SMILES string of the molecule is O=C(C1CC1)N1CCC(c2n[nH]c(=O)n2-c2ccc(-c3ccc(F)cc3F)cc2F)C1. The van der Waals surface area contributed by atoms with E-state index in [9.17, 15) is 18.4 Å². The second kappa shape index (κ2) is 7.40. The van der Waals surface area contributed by atoms with Gasteiger partial charge < -0.3 is 4.90 Å². The summed E-state index contributed by atoms with van der Waals surface area (Å²) in [5, 5.41) is 6.46. The highest BCUT2D eigenvalue weighted by Gasteiger charge is 2.38. The van der Waals surface area contributed by atoms with Crippen molar-refractivity contribution in [2.45, 2.75) is 25.2 Å². The van der Waals surface area contributed by atoms with Crippen LogP contribution in [-0.4, -0.2) is 38.7 Å². The molecule has 2 aromatic carbocycles. The molecule has 2 heterocycles. The molecule has 6 nitrogen and oxygen atoms in total. The maximum atomic E-state index is 15.0. The Kier molecular flexibility index (Phi) is 4.68. The minimum atomic E-state index is -0.806. The quantitative estimate of drug-likeness (QED) is 0.693. The molecule has 1 atom stereocenters. The zero-order valence-corrected chi connectivity index (χ0v) is 16.4. The fourth-order valence-electron chi connectivity index (χ4n) is 4.15. The molecule has 31 heavy (non-hydrogen) atoms. The zero-order valence-electron chi connectivity index (χ0n) is 16.4. The van der Waals surface area contributed by atoms with Crippen LogP contribution in [0.25, 0.3) is 16.8 Å². The number of aromatic amines is 1. The molecular weight excluding hydrogens is 409 g/mol. The summed E-state index contributed by atoms with van der Waals surface area (Å²) in [4.78, 5) is 26.5. The Balaban J connectivity index is 1.46. The van der Waals surface area contributed by atoms with Crippen LogP contribution >= 0.6 is 0 Å². The van der Waals surface area contributed by atoms with Gasteiger partial charge in [0.15, 0.2) is 0 Å². The van der Waals surface area contributed by atoms with Gasteiger partial charge in [0.2, 0.25) is 5.91 Å². The number of H-pyrrole nitrogens is 1. The lowest BCUT2D eigenvalue weighted by molar-refractivity contribution is -0.131. The van der Waals surface area contributed by atoms with Crippen LogP contribution in [0.3, 0.4) is 0 Å². The molecule has 1 saturated carbocycles. The van der Waals surface area contributed by atoms with Crippen molar-refractivity contribution in [3.63, 3.8) is 0 Å². The third-order valence-corrected chi connectivity index (χ3v) is 5.92. The highest BCUT2D eigenvalue weighted by atomic mass is 19.1. The summed E-state index contributed by atoms with van der Waals surface area (Å²) >= 11 is 0. The van der Waals surface area contributed by atoms with E-state index in [0.717, 1.165) is 35.6 Å². The molecule has 0 radical (unpaired) electrons. The molecule has 1 saturated heterocycles. The fraction of sp³-hybridized carbons (Fsp3) is 0.318. The van der Waals surface area contributed by atoms with E-state index in [1.54, 1.807) is 4.90 Å². The molecule has 1 N–H and O–H groups in total. The molecule has 0 spiro atoms. The summed E-state index contributed by atoms with van der Waals surface area (Å²) < 4.78 is 43.4. The van der Waals surface area contributed by atoms with Crippen LogP contribution < -0.4 is 5.69 Å². The Morgan fingerprint density at radius 3 is 2.55 bits per heavy atom. The first-order chi connectivity index (χ1) is 14.9. The molecule has 1 aliphatic carbocycles. The average molecular weight is 428 g/mol. The molecule has 1 unspecified atom stereocenters. The van der Waals surface area contributed by atoms with Crippen LogP contribution in [0.2, 0.25) is 0 Å². The maximum absolute atomic E-state index is 15.0. The van der Waals surface area contributed by atoms with E-state index in [1.807, 2.05) is 0 Å². The van der Waals surface area contributed by atoms with E-state index < -0.39 is 23.1 Å². The van der Waals surface area contributed by atoms with Crippen molar-refractivity contribution in [1.82, 2.24) is 19.7 Å². The Morgan fingerprint density at radius 2 is 1.84 bits per heavy atom. The number of hydrogen-bond donors (Lipinski definition) is 1. The van der Waals surface area contributed by atoms with Crippen LogP contribution in [0.5, 0.6) is 0 Å². The lowest BCUT2D eigenvalue weighted by Gasteiger charge is -2.16. The van der Waals surface area contributed by atoms with E-state index in [0.29, 0.717) is 25.3 Å². The highest BCUT2D eigenvalue weighted by molar-refractivity contribution is 5.81. The van der Waals surface area contributed by atoms with Gasteiger partial charge >= 0.3 is 5.69 Å². The Bertz CT molecular complexity index is 1230. The fourth-order valence-corrected chi connectivity index (χ4v) is 4.15. The summed E-state index contributed by atoms with van der Waals surface area (Å²) in [5.74, 6) is -1.87. The number of amides is 1. The number of hydrogen-bond acceptors (Lipinski definition) is 3. The van der Waals surface area contributed by atoms with Gasteiger partial charge in [-0.1, -0.05) is 6.07 Å². The Morgan fingerprint density at radius 1 is 1.03 bits per heavy atom. The summed E-state index contributed by atoms with van der Waals surface area (Å²) in [6.45, 7) is 1.01. The van der Waals surface area contributed by atoms with Crippen LogP contribution in [0, 0.1) is 23.4 Å². The smallest absolute Gasteiger partial charge is 0.342 e. The van der Waals surface area contributed by atoms with Crippen molar-refractivity contribution in [3.05, 3.63) is 70.2 Å². The van der Waals surface area contributed by atoms with Gasteiger partial charge in [-0.2, -0.15) is 5.10 Å².